The van der Waals surface area contributed by atoms with Crippen molar-refractivity contribution in [3.05, 3.63) is 23.8 Å². The van der Waals surface area contributed by atoms with Crippen LogP contribution >= 0.6 is 0 Å². The summed E-state index contributed by atoms with van der Waals surface area (Å²) in [5, 5.41) is 3.03. The summed E-state index contributed by atoms with van der Waals surface area (Å²) in [6, 6.07) is 5.79. The quantitative estimate of drug-likeness (QED) is 0.720. The topological polar surface area (TPSA) is 67.9 Å². The summed E-state index contributed by atoms with van der Waals surface area (Å²) in [6.07, 6.45) is 4.83. The molecule has 0 saturated carbocycles. The van der Waals surface area contributed by atoms with Crippen LogP contribution in [0.3, 0.4) is 0 Å². The molecule has 0 spiro atoms. The van der Waals surface area contributed by atoms with Crippen LogP contribution in [-0.2, 0) is 16.0 Å². The highest BCUT2D eigenvalue weighted by atomic mass is 16.5. The number of ether oxygens (including phenoxy) is 2. The van der Waals surface area contributed by atoms with Gasteiger partial charge in [0.25, 0.3) is 0 Å². The lowest BCUT2D eigenvalue weighted by Gasteiger charge is -2.31. The lowest BCUT2D eigenvalue weighted by molar-refractivity contribution is -0.135. The molecule has 150 valence electrons. The number of hydrogen-bond donors (Lipinski definition) is 1. The van der Waals surface area contributed by atoms with E-state index in [1.807, 2.05) is 23.1 Å². The van der Waals surface area contributed by atoms with Gasteiger partial charge in [0.1, 0.15) is 0 Å². The van der Waals surface area contributed by atoms with E-state index < -0.39 is 0 Å². The molecule has 0 atom stereocenters. The Morgan fingerprint density at radius 1 is 1.15 bits per heavy atom. The average Bonchev–Trinajstić information content (AvgIpc) is 2.71. The van der Waals surface area contributed by atoms with Crippen molar-refractivity contribution >= 4 is 11.8 Å². The van der Waals surface area contributed by atoms with E-state index in [0.29, 0.717) is 37.6 Å². The highest BCUT2D eigenvalue weighted by molar-refractivity contribution is 5.80. The minimum Gasteiger partial charge on any atom is -0.493 e. The van der Waals surface area contributed by atoms with Gasteiger partial charge in [-0.15, -0.1) is 0 Å². The smallest absolute Gasteiger partial charge is 0.223 e. The number of carbonyl (C=O) groups is 2. The summed E-state index contributed by atoms with van der Waals surface area (Å²) < 4.78 is 10.5. The molecule has 1 heterocycles. The van der Waals surface area contributed by atoms with Crippen molar-refractivity contribution in [3.63, 3.8) is 0 Å². The van der Waals surface area contributed by atoms with Crippen molar-refractivity contribution in [2.45, 2.75) is 45.4 Å². The molecule has 0 bridgehead atoms. The molecule has 6 heteroatoms. The highest BCUT2D eigenvalue weighted by Gasteiger charge is 2.26. The summed E-state index contributed by atoms with van der Waals surface area (Å²) in [4.78, 5) is 26.4. The zero-order chi connectivity index (χ0) is 19.6. The van der Waals surface area contributed by atoms with Crippen LogP contribution in [0.25, 0.3) is 0 Å². The van der Waals surface area contributed by atoms with Gasteiger partial charge in [-0.1, -0.05) is 19.4 Å². The number of amides is 2. The summed E-state index contributed by atoms with van der Waals surface area (Å²) in [5.74, 6) is 1.72. The van der Waals surface area contributed by atoms with Crippen molar-refractivity contribution < 1.29 is 19.1 Å². The normalized spacial score (nSPS) is 14.7. The SMILES string of the molecule is CCCCC(=O)N1CCC(C(=O)NCCc2ccc(OC)c(OC)c2)CC1. The zero-order valence-corrected chi connectivity index (χ0v) is 16.8. The second-order valence-corrected chi connectivity index (χ2v) is 6.99. The molecule has 2 amide bonds. The van der Waals surface area contributed by atoms with Crippen molar-refractivity contribution in [1.29, 1.82) is 0 Å². The molecule has 1 aromatic rings. The van der Waals surface area contributed by atoms with Crippen molar-refractivity contribution in [1.82, 2.24) is 10.2 Å². The Hall–Kier alpha value is -2.24. The Morgan fingerprint density at radius 2 is 1.85 bits per heavy atom. The molecule has 0 aromatic heterocycles. The molecule has 1 N–H and O–H groups in total. The Labute approximate surface area is 162 Å². The van der Waals surface area contributed by atoms with E-state index in [0.717, 1.165) is 37.7 Å². The number of benzene rings is 1. The van der Waals surface area contributed by atoms with Crippen LogP contribution in [0.4, 0.5) is 0 Å². The van der Waals surface area contributed by atoms with Gasteiger partial charge in [0.15, 0.2) is 11.5 Å². The average molecular weight is 376 g/mol. The van der Waals surface area contributed by atoms with Gasteiger partial charge in [0.2, 0.25) is 11.8 Å². The van der Waals surface area contributed by atoms with E-state index in [-0.39, 0.29) is 17.7 Å². The Balaban J connectivity index is 1.73. The molecule has 1 aromatic carbocycles. The van der Waals surface area contributed by atoms with Gasteiger partial charge in [-0.3, -0.25) is 9.59 Å². The van der Waals surface area contributed by atoms with Gasteiger partial charge in [-0.2, -0.15) is 0 Å². The van der Waals surface area contributed by atoms with Gasteiger partial charge in [-0.25, -0.2) is 0 Å². The first kappa shape index (κ1) is 21.1. The number of rotatable bonds is 9. The first-order chi connectivity index (χ1) is 13.1. The maximum atomic E-state index is 12.4. The van der Waals surface area contributed by atoms with Crippen molar-refractivity contribution in [2.24, 2.45) is 5.92 Å². The Bertz CT molecular complexity index is 625. The molecule has 6 nitrogen and oxygen atoms in total. The summed E-state index contributed by atoms with van der Waals surface area (Å²) >= 11 is 0. The third-order valence-corrected chi connectivity index (χ3v) is 5.12. The van der Waals surface area contributed by atoms with E-state index in [4.69, 9.17) is 9.47 Å². The van der Waals surface area contributed by atoms with E-state index in [2.05, 4.69) is 12.2 Å². The fraction of sp³-hybridized carbons (Fsp3) is 0.619. The minimum atomic E-state index is 0.00521. The molecular formula is C21H32N2O4. The van der Waals surface area contributed by atoms with Crippen LogP contribution in [0.2, 0.25) is 0 Å². The van der Waals surface area contributed by atoms with Gasteiger partial charge < -0.3 is 19.7 Å². The molecular weight excluding hydrogens is 344 g/mol. The number of nitrogens with one attached hydrogen (secondary N) is 1. The molecule has 27 heavy (non-hydrogen) atoms. The predicted molar refractivity (Wildman–Crippen MR) is 105 cm³/mol. The van der Waals surface area contributed by atoms with Gasteiger partial charge in [-0.05, 0) is 43.4 Å². The maximum absolute atomic E-state index is 12.4. The number of nitrogens with zero attached hydrogens (tertiary/aromatic N) is 1. The molecule has 0 aliphatic carbocycles. The van der Waals surface area contributed by atoms with Crippen LogP contribution in [0, 0.1) is 5.92 Å². The number of hydrogen-bond acceptors (Lipinski definition) is 4. The fourth-order valence-electron chi connectivity index (χ4n) is 3.39. The van der Waals surface area contributed by atoms with Crippen molar-refractivity contribution in [2.75, 3.05) is 33.9 Å². The maximum Gasteiger partial charge on any atom is 0.223 e. The van der Waals surface area contributed by atoms with E-state index in [9.17, 15) is 9.59 Å². The molecule has 2 rings (SSSR count). The second kappa shape index (κ2) is 10.8. The molecule has 1 saturated heterocycles. The molecule has 0 radical (unpaired) electrons. The van der Waals surface area contributed by atoms with Crippen LogP contribution in [0.5, 0.6) is 11.5 Å². The van der Waals surface area contributed by atoms with Gasteiger partial charge in [0, 0.05) is 32.0 Å². The number of methoxy groups -OCH3 is 2. The van der Waals surface area contributed by atoms with Gasteiger partial charge in [0.05, 0.1) is 14.2 Å². The van der Waals surface area contributed by atoms with Crippen LogP contribution in [0.1, 0.15) is 44.6 Å². The molecule has 0 unspecified atom stereocenters. The summed E-state index contributed by atoms with van der Waals surface area (Å²) in [5.41, 5.74) is 1.09. The number of unbranched alkanes of at least 4 members (excludes halogenated alkanes) is 1. The Kier molecular flexibility index (Phi) is 8.43. The van der Waals surface area contributed by atoms with E-state index in [1.165, 1.54) is 0 Å². The van der Waals surface area contributed by atoms with E-state index >= 15 is 0 Å². The third-order valence-electron chi connectivity index (χ3n) is 5.12. The Morgan fingerprint density at radius 3 is 2.48 bits per heavy atom. The molecule has 1 aliphatic rings. The van der Waals surface area contributed by atoms with Crippen molar-refractivity contribution in [3.8, 4) is 11.5 Å². The van der Waals surface area contributed by atoms with Crippen LogP contribution in [0.15, 0.2) is 18.2 Å². The fourth-order valence-corrected chi connectivity index (χ4v) is 3.39. The molecule has 1 aliphatic heterocycles. The van der Waals surface area contributed by atoms with Crippen LogP contribution in [-0.4, -0.2) is 50.6 Å². The predicted octanol–water partition coefficient (Wildman–Crippen LogP) is 2.79. The van der Waals surface area contributed by atoms with Gasteiger partial charge >= 0.3 is 0 Å². The molecule has 1 fully saturated rings. The second-order valence-electron chi connectivity index (χ2n) is 6.99. The summed E-state index contributed by atoms with van der Waals surface area (Å²) in [6.45, 7) is 4.06. The summed E-state index contributed by atoms with van der Waals surface area (Å²) in [7, 11) is 3.23. The number of piperidine rings is 1. The first-order valence-electron chi connectivity index (χ1n) is 9.85. The largest absolute Gasteiger partial charge is 0.493 e. The lowest BCUT2D eigenvalue weighted by atomic mass is 9.95. The minimum absolute atomic E-state index is 0.00521. The number of carbonyl (C=O) groups excluding carboxylic acids is 2. The monoisotopic (exact) mass is 376 g/mol. The van der Waals surface area contributed by atoms with E-state index in [1.54, 1.807) is 14.2 Å². The lowest BCUT2D eigenvalue weighted by Crippen LogP contribution is -2.43. The zero-order valence-electron chi connectivity index (χ0n) is 16.8. The third kappa shape index (κ3) is 6.15. The first-order valence-corrected chi connectivity index (χ1v) is 9.85. The number of likely N-dealkylation sites (tertiary alicyclic amines) is 1. The standard InChI is InChI=1S/C21H32N2O4/c1-4-5-6-20(24)23-13-10-17(11-14-23)21(25)22-12-9-16-7-8-18(26-2)19(15-16)27-3/h7-8,15,17H,4-6,9-14H2,1-3H3,(H,22,25). The highest BCUT2D eigenvalue weighted by Crippen LogP contribution is 2.27. The van der Waals surface area contributed by atoms with Crippen LogP contribution < -0.4 is 14.8 Å².